The lowest BCUT2D eigenvalue weighted by molar-refractivity contribution is -0.123. The monoisotopic (exact) mass is 334 g/mol. The lowest BCUT2D eigenvalue weighted by atomic mass is 9.85. The molecule has 132 valence electrons. The standard InChI is InChI=1S/C19H27FN2O2/c1-2-14(24-18-10-6-4-8-15(18)20)12-21-19(23)17-11-13-7-3-5-9-16(13)22-17/h4,6,8,10,13-14,16-17,22H,2-3,5,7,9,11-12H2,1H3,(H,21,23). The van der Waals surface area contributed by atoms with E-state index >= 15 is 0 Å². The van der Waals surface area contributed by atoms with Crippen LogP contribution in [-0.4, -0.2) is 30.6 Å². The molecule has 5 heteroatoms. The largest absolute Gasteiger partial charge is 0.486 e. The van der Waals surface area contributed by atoms with E-state index in [1.165, 1.54) is 31.7 Å². The summed E-state index contributed by atoms with van der Waals surface area (Å²) in [5.74, 6) is 0.554. The van der Waals surface area contributed by atoms with Gasteiger partial charge >= 0.3 is 0 Å². The van der Waals surface area contributed by atoms with Crippen LogP contribution in [0.15, 0.2) is 24.3 Å². The molecule has 4 nitrogen and oxygen atoms in total. The Morgan fingerprint density at radius 2 is 2.17 bits per heavy atom. The van der Waals surface area contributed by atoms with E-state index in [1.807, 2.05) is 6.92 Å². The van der Waals surface area contributed by atoms with Gasteiger partial charge in [-0.05, 0) is 43.7 Å². The Morgan fingerprint density at radius 1 is 1.38 bits per heavy atom. The molecule has 0 aromatic heterocycles. The van der Waals surface area contributed by atoms with E-state index in [-0.39, 0.29) is 29.6 Å². The summed E-state index contributed by atoms with van der Waals surface area (Å²) < 4.78 is 19.4. The Kier molecular flexibility index (Phi) is 5.72. The van der Waals surface area contributed by atoms with Gasteiger partial charge < -0.3 is 15.4 Å². The van der Waals surface area contributed by atoms with Crippen molar-refractivity contribution in [3.05, 3.63) is 30.1 Å². The minimum atomic E-state index is -0.371. The lowest BCUT2D eigenvalue weighted by Gasteiger charge is -2.24. The second kappa shape index (κ2) is 7.97. The van der Waals surface area contributed by atoms with E-state index in [0.717, 1.165) is 6.42 Å². The molecule has 1 aliphatic carbocycles. The summed E-state index contributed by atoms with van der Waals surface area (Å²) in [6.45, 7) is 2.37. The van der Waals surface area contributed by atoms with Crippen molar-refractivity contribution in [2.45, 2.75) is 63.6 Å². The Hall–Kier alpha value is -1.62. The predicted octanol–water partition coefficient (Wildman–Crippen LogP) is 3.02. The van der Waals surface area contributed by atoms with Gasteiger partial charge in [-0.2, -0.15) is 0 Å². The van der Waals surface area contributed by atoms with Crippen LogP contribution in [0.1, 0.15) is 45.4 Å². The van der Waals surface area contributed by atoms with Crippen LogP contribution in [-0.2, 0) is 4.79 Å². The molecule has 0 bridgehead atoms. The van der Waals surface area contributed by atoms with Gasteiger partial charge in [-0.3, -0.25) is 4.79 Å². The minimum Gasteiger partial charge on any atom is -0.486 e. The average molecular weight is 334 g/mol. The van der Waals surface area contributed by atoms with Crippen molar-refractivity contribution >= 4 is 5.91 Å². The minimum absolute atomic E-state index is 0.0417. The van der Waals surface area contributed by atoms with Crippen LogP contribution in [0.25, 0.3) is 0 Å². The van der Waals surface area contributed by atoms with Crippen molar-refractivity contribution in [3.8, 4) is 5.75 Å². The Bertz CT molecular complexity index is 552. The highest BCUT2D eigenvalue weighted by Gasteiger charge is 2.38. The molecule has 1 aromatic carbocycles. The smallest absolute Gasteiger partial charge is 0.237 e. The van der Waals surface area contributed by atoms with Gasteiger partial charge in [0, 0.05) is 6.04 Å². The van der Waals surface area contributed by atoms with Crippen LogP contribution < -0.4 is 15.4 Å². The van der Waals surface area contributed by atoms with Crippen LogP contribution in [0.5, 0.6) is 5.75 Å². The SMILES string of the molecule is CCC(CNC(=O)C1CC2CCCCC2N1)Oc1ccccc1F. The first-order valence-corrected chi connectivity index (χ1v) is 9.12. The molecule has 24 heavy (non-hydrogen) atoms. The topological polar surface area (TPSA) is 50.4 Å². The number of benzene rings is 1. The summed E-state index contributed by atoms with van der Waals surface area (Å²) >= 11 is 0. The highest BCUT2D eigenvalue weighted by molar-refractivity contribution is 5.82. The molecule has 4 unspecified atom stereocenters. The first-order chi connectivity index (χ1) is 11.7. The van der Waals surface area contributed by atoms with Crippen LogP contribution in [0.3, 0.4) is 0 Å². The molecule has 1 aromatic rings. The van der Waals surface area contributed by atoms with Crippen LogP contribution in [0, 0.1) is 11.7 Å². The lowest BCUT2D eigenvalue weighted by Crippen LogP contribution is -2.45. The van der Waals surface area contributed by atoms with Gasteiger partial charge in [0.2, 0.25) is 5.91 Å². The molecular weight excluding hydrogens is 307 g/mol. The Balaban J connectivity index is 1.48. The number of fused-ring (bicyclic) bond motifs is 1. The maximum absolute atomic E-state index is 13.7. The molecule has 4 atom stereocenters. The molecule has 1 amide bonds. The summed E-state index contributed by atoms with van der Waals surface area (Å²) in [4.78, 5) is 12.4. The fourth-order valence-electron chi connectivity index (χ4n) is 3.85. The zero-order valence-corrected chi connectivity index (χ0v) is 14.3. The molecular formula is C19H27FN2O2. The first-order valence-electron chi connectivity index (χ1n) is 9.12. The summed E-state index contributed by atoms with van der Waals surface area (Å²) in [6.07, 6.45) is 6.37. The highest BCUT2D eigenvalue weighted by Crippen LogP contribution is 2.33. The number of hydrogen-bond acceptors (Lipinski definition) is 3. The fraction of sp³-hybridized carbons (Fsp3) is 0.632. The second-order valence-corrected chi connectivity index (χ2v) is 6.93. The molecule has 0 radical (unpaired) electrons. The van der Waals surface area contributed by atoms with Crippen molar-refractivity contribution in [3.63, 3.8) is 0 Å². The van der Waals surface area contributed by atoms with Crippen molar-refractivity contribution in [1.29, 1.82) is 0 Å². The number of halogens is 1. The third kappa shape index (κ3) is 4.07. The maximum atomic E-state index is 13.7. The van der Waals surface area contributed by atoms with E-state index in [9.17, 15) is 9.18 Å². The number of carbonyl (C=O) groups is 1. The molecule has 1 aliphatic heterocycles. The molecule has 2 fully saturated rings. The summed E-state index contributed by atoms with van der Waals surface area (Å²) in [6, 6.07) is 6.79. The molecule has 1 saturated carbocycles. The summed E-state index contributed by atoms with van der Waals surface area (Å²) in [7, 11) is 0. The van der Waals surface area contributed by atoms with E-state index in [0.29, 0.717) is 24.9 Å². The van der Waals surface area contributed by atoms with Crippen LogP contribution in [0.4, 0.5) is 4.39 Å². The van der Waals surface area contributed by atoms with Gasteiger partial charge in [0.05, 0.1) is 12.6 Å². The van der Waals surface area contributed by atoms with Gasteiger partial charge in [-0.25, -0.2) is 4.39 Å². The van der Waals surface area contributed by atoms with E-state index < -0.39 is 0 Å². The average Bonchev–Trinajstić information content (AvgIpc) is 3.04. The van der Waals surface area contributed by atoms with E-state index in [2.05, 4.69) is 10.6 Å². The van der Waals surface area contributed by atoms with Crippen molar-refractivity contribution in [2.24, 2.45) is 5.92 Å². The third-order valence-electron chi connectivity index (χ3n) is 5.27. The fourth-order valence-corrected chi connectivity index (χ4v) is 3.85. The first kappa shape index (κ1) is 17.2. The van der Waals surface area contributed by atoms with Gasteiger partial charge in [-0.1, -0.05) is 31.9 Å². The van der Waals surface area contributed by atoms with Gasteiger partial charge in [0.1, 0.15) is 6.10 Å². The van der Waals surface area contributed by atoms with E-state index in [1.54, 1.807) is 18.2 Å². The maximum Gasteiger partial charge on any atom is 0.237 e. The number of amides is 1. The highest BCUT2D eigenvalue weighted by atomic mass is 19.1. The van der Waals surface area contributed by atoms with Gasteiger partial charge in [-0.15, -0.1) is 0 Å². The van der Waals surface area contributed by atoms with Gasteiger partial charge in [0.25, 0.3) is 0 Å². The molecule has 0 spiro atoms. The summed E-state index contributed by atoms with van der Waals surface area (Å²) in [5.41, 5.74) is 0. The van der Waals surface area contributed by atoms with Crippen molar-refractivity contribution < 1.29 is 13.9 Å². The number of hydrogen-bond donors (Lipinski definition) is 2. The predicted molar refractivity (Wildman–Crippen MR) is 91.4 cm³/mol. The normalized spacial score (nSPS) is 27.3. The zero-order valence-electron chi connectivity index (χ0n) is 14.3. The van der Waals surface area contributed by atoms with Crippen LogP contribution >= 0.6 is 0 Å². The molecule has 2 aliphatic rings. The number of carbonyl (C=O) groups excluding carboxylic acids is 1. The quantitative estimate of drug-likeness (QED) is 0.841. The molecule has 2 N–H and O–H groups in total. The zero-order chi connectivity index (χ0) is 16.9. The molecule has 1 heterocycles. The number of para-hydroxylation sites is 1. The second-order valence-electron chi connectivity index (χ2n) is 6.93. The number of ether oxygens (including phenoxy) is 1. The van der Waals surface area contributed by atoms with Crippen LogP contribution in [0.2, 0.25) is 0 Å². The molecule has 1 saturated heterocycles. The van der Waals surface area contributed by atoms with Crippen molar-refractivity contribution in [1.82, 2.24) is 10.6 Å². The van der Waals surface area contributed by atoms with Gasteiger partial charge in [0.15, 0.2) is 11.6 Å². The molecule has 3 rings (SSSR count). The van der Waals surface area contributed by atoms with E-state index in [4.69, 9.17) is 4.74 Å². The third-order valence-corrected chi connectivity index (χ3v) is 5.27. The Morgan fingerprint density at radius 3 is 2.92 bits per heavy atom. The summed E-state index contributed by atoms with van der Waals surface area (Å²) in [5, 5.41) is 6.46. The number of nitrogens with one attached hydrogen (secondary N) is 2. The Labute approximate surface area is 143 Å². The van der Waals surface area contributed by atoms with Crippen molar-refractivity contribution in [2.75, 3.05) is 6.54 Å². The number of rotatable bonds is 6.